The van der Waals surface area contributed by atoms with Crippen molar-refractivity contribution in [1.29, 1.82) is 0 Å². The highest BCUT2D eigenvalue weighted by atomic mass is 31.2. The molecule has 0 aromatic heterocycles. The number of aliphatic carboxylic acids is 1. The molecule has 0 fully saturated rings. The van der Waals surface area contributed by atoms with E-state index < -0.39 is 24.4 Å². The minimum Gasteiger partial charge on any atom is -0.506 e. The summed E-state index contributed by atoms with van der Waals surface area (Å²) < 4.78 is 14.1. The number of rotatable bonds is 10. The predicted molar refractivity (Wildman–Crippen MR) is 170 cm³/mol. The van der Waals surface area contributed by atoms with E-state index in [9.17, 15) is 29.0 Å². The van der Waals surface area contributed by atoms with Crippen LogP contribution in [0.15, 0.2) is 77.2 Å². The quantitative estimate of drug-likeness (QED) is 0.118. The number of unbranched alkanes of at least 4 members (excludes halogenated alkanes) is 2. The molecular weight excluding hydrogens is 579 g/mol. The Bertz CT molecular complexity index is 1740. The molecule has 2 aromatic carbocycles. The molecule has 44 heavy (non-hydrogen) atoms. The molecule has 9 nitrogen and oxygen atoms in total. The van der Waals surface area contributed by atoms with Gasteiger partial charge >= 0.3 is 13.6 Å². The number of aliphatic hydroxyl groups excluding tert-OH is 1. The second-order valence-electron chi connectivity index (χ2n) is 12.7. The smallest absolute Gasteiger partial charge is 0.356 e. The van der Waals surface area contributed by atoms with E-state index in [1.54, 1.807) is 18.2 Å². The van der Waals surface area contributed by atoms with Gasteiger partial charge in [-0.3, -0.25) is 14.2 Å². The monoisotopic (exact) mass is 619 g/mol. The van der Waals surface area contributed by atoms with Gasteiger partial charge in [-0.05, 0) is 63.5 Å². The van der Waals surface area contributed by atoms with Crippen LogP contribution in [0.3, 0.4) is 0 Å². The van der Waals surface area contributed by atoms with Gasteiger partial charge in [-0.2, -0.15) is 4.58 Å². The van der Waals surface area contributed by atoms with Crippen LogP contribution >= 0.6 is 7.60 Å². The van der Waals surface area contributed by atoms with Crippen molar-refractivity contribution in [3.05, 3.63) is 88.3 Å². The molecule has 4 N–H and O–H groups in total. The van der Waals surface area contributed by atoms with Crippen LogP contribution in [0.2, 0.25) is 0 Å². The van der Waals surface area contributed by atoms with Gasteiger partial charge in [0.25, 0.3) is 0 Å². The molecule has 0 bridgehead atoms. The Morgan fingerprint density at radius 1 is 0.977 bits per heavy atom. The van der Waals surface area contributed by atoms with Crippen molar-refractivity contribution in [2.75, 3.05) is 18.0 Å². The number of nitrogens with zero attached hydrogens (tertiary/aromatic N) is 2. The number of hydrogen-bond acceptors (Lipinski definition) is 5. The van der Waals surface area contributed by atoms with E-state index in [-0.39, 0.29) is 34.4 Å². The van der Waals surface area contributed by atoms with Crippen molar-refractivity contribution in [3.8, 4) is 0 Å². The molecule has 3 aliphatic rings. The maximum Gasteiger partial charge on any atom is 0.356 e. The Labute approximate surface area is 257 Å². The molecule has 10 heteroatoms. The van der Waals surface area contributed by atoms with Crippen LogP contribution in [0.25, 0.3) is 0 Å². The third-order valence-electron chi connectivity index (χ3n) is 9.16. The minimum absolute atomic E-state index is 0.0581. The first-order valence-electron chi connectivity index (χ1n) is 15.0. The van der Waals surface area contributed by atoms with E-state index >= 15 is 0 Å². The molecule has 5 rings (SSSR count). The van der Waals surface area contributed by atoms with Gasteiger partial charge in [0.05, 0.1) is 21.9 Å². The average Bonchev–Trinajstić information content (AvgIpc) is 3.31. The maximum atomic E-state index is 13.6. The summed E-state index contributed by atoms with van der Waals surface area (Å²) >= 11 is 0. The van der Waals surface area contributed by atoms with Crippen molar-refractivity contribution in [1.82, 2.24) is 0 Å². The molecule has 1 aliphatic carbocycles. The van der Waals surface area contributed by atoms with E-state index in [1.807, 2.05) is 43.9 Å². The summed E-state index contributed by atoms with van der Waals surface area (Å²) in [6.45, 7) is 11.3. The SMILES string of the molecule is CCN1/C(=C/C2=C(O)C(=C/C3=[N+](CCCCCC(=O)O)c4ccccc4C3(C)C)/C2=O)C(C)(C)c2cc(P(=O)(O)O)ccc21. The number of likely N-dealkylation sites (N-methyl/N-ethyl adjacent to an activating group) is 1. The number of carbonyl (C=O) groups is 2. The zero-order valence-corrected chi connectivity index (χ0v) is 26.7. The van der Waals surface area contributed by atoms with Crippen LogP contribution in [-0.2, 0) is 25.0 Å². The number of Topliss-reactive ketones (excluding diaryl/α,β-unsaturated/α-hetero) is 1. The summed E-state index contributed by atoms with van der Waals surface area (Å²) in [4.78, 5) is 46.1. The molecule has 0 amide bonds. The number of benzene rings is 2. The van der Waals surface area contributed by atoms with Crippen LogP contribution in [0.5, 0.6) is 0 Å². The number of carboxylic acids is 1. The van der Waals surface area contributed by atoms with Crippen molar-refractivity contribution in [2.45, 2.75) is 71.1 Å². The van der Waals surface area contributed by atoms with Crippen molar-refractivity contribution in [3.63, 3.8) is 0 Å². The van der Waals surface area contributed by atoms with E-state index in [1.165, 1.54) is 12.1 Å². The zero-order valence-electron chi connectivity index (χ0n) is 25.8. The summed E-state index contributed by atoms with van der Waals surface area (Å²) in [5.41, 5.74) is 4.71. The van der Waals surface area contributed by atoms with Gasteiger partial charge < -0.3 is 24.9 Å². The van der Waals surface area contributed by atoms with E-state index in [0.717, 1.165) is 46.8 Å². The van der Waals surface area contributed by atoms with Gasteiger partial charge in [-0.1, -0.05) is 32.0 Å². The summed E-state index contributed by atoms with van der Waals surface area (Å²) in [6, 6.07) is 12.8. The Morgan fingerprint density at radius 3 is 2.32 bits per heavy atom. The van der Waals surface area contributed by atoms with E-state index in [0.29, 0.717) is 19.5 Å². The number of anilines is 1. The molecule has 0 atom stereocenters. The molecule has 0 spiro atoms. The van der Waals surface area contributed by atoms with Gasteiger partial charge in [0.1, 0.15) is 12.3 Å². The third kappa shape index (κ3) is 5.27. The van der Waals surface area contributed by atoms with E-state index in [2.05, 4.69) is 24.5 Å². The largest absolute Gasteiger partial charge is 0.506 e. The van der Waals surface area contributed by atoms with Crippen molar-refractivity contribution >= 4 is 41.7 Å². The Kier molecular flexibility index (Phi) is 8.12. The summed E-state index contributed by atoms with van der Waals surface area (Å²) in [6.07, 6.45) is 5.77. The van der Waals surface area contributed by atoms with Gasteiger partial charge in [-0.15, -0.1) is 0 Å². The zero-order chi connectivity index (χ0) is 32.2. The molecule has 232 valence electrons. The first-order chi connectivity index (χ1) is 20.6. The molecule has 0 saturated heterocycles. The second kappa shape index (κ2) is 11.3. The maximum absolute atomic E-state index is 13.6. The first kappa shape index (κ1) is 31.6. The number of ketones is 1. The van der Waals surface area contributed by atoms with Crippen LogP contribution < -0.4 is 10.2 Å². The number of allylic oxidation sites excluding steroid dienone is 5. The lowest BCUT2D eigenvalue weighted by atomic mass is 9.77. The standard InChI is InChI=1S/C34H39N2O7P/c1-6-35-27-16-15-21(44(41,42)43)18-25(27)34(4,5)28(35)19-22-31(39)23(32(22)40)20-29-33(2,3)24-12-9-10-13-26(24)36(29)17-11-7-8-14-30(37)38/h9-10,12-13,15-16,18-20H,6-8,11,14,17H2,1-5H3,(H3-,37,38,39,40,41,42,43)/p+1. The number of para-hydroxylation sites is 1. The highest BCUT2D eigenvalue weighted by molar-refractivity contribution is 7.60. The Morgan fingerprint density at radius 2 is 1.68 bits per heavy atom. The fourth-order valence-corrected chi connectivity index (χ4v) is 7.26. The number of hydrogen-bond donors (Lipinski definition) is 4. The Balaban J connectivity index is 1.52. The number of carboxylic acid groups (broad SMARTS) is 1. The highest BCUT2D eigenvalue weighted by Crippen LogP contribution is 2.50. The van der Waals surface area contributed by atoms with E-state index in [4.69, 9.17) is 5.11 Å². The lowest BCUT2D eigenvalue weighted by Crippen LogP contribution is -2.32. The molecule has 2 aromatic rings. The fraction of sp³-hybridized carbons (Fsp3) is 0.382. The minimum atomic E-state index is -4.45. The van der Waals surface area contributed by atoms with Gasteiger partial charge in [0, 0.05) is 53.9 Å². The molecule has 2 heterocycles. The lowest BCUT2D eigenvalue weighted by Gasteiger charge is -2.28. The van der Waals surface area contributed by atoms with Gasteiger partial charge in [-0.25, -0.2) is 0 Å². The number of carbonyl (C=O) groups excluding carboxylic acids is 1. The summed E-state index contributed by atoms with van der Waals surface area (Å²) in [5, 5.41) is 20.2. The number of fused-ring (bicyclic) bond motifs is 2. The topological polar surface area (TPSA) is 138 Å². The third-order valence-corrected chi connectivity index (χ3v) is 10.1. The molecule has 2 aliphatic heterocycles. The first-order valence-corrected chi connectivity index (χ1v) is 16.6. The molecular formula is C34H40N2O7P+. The highest BCUT2D eigenvalue weighted by Gasteiger charge is 2.47. The van der Waals surface area contributed by atoms with Crippen molar-refractivity contribution in [2.24, 2.45) is 0 Å². The molecule has 0 radical (unpaired) electrons. The van der Waals surface area contributed by atoms with Crippen LogP contribution in [0.4, 0.5) is 11.4 Å². The summed E-state index contributed by atoms with van der Waals surface area (Å²) in [7, 11) is -4.45. The summed E-state index contributed by atoms with van der Waals surface area (Å²) in [5.74, 6) is -1.15. The second-order valence-corrected chi connectivity index (χ2v) is 14.3. The number of aliphatic hydroxyl groups is 1. The van der Waals surface area contributed by atoms with Crippen LogP contribution in [0, 0.1) is 0 Å². The predicted octanol–water partition coefficient (Wildman–Crippen LogP) is 5.53. The lowest BCUT2D eigenvalue weighted by molar-refractivity contribution is -0.438. The molecule has 0 saturated carbocycles. The van der Waals surface area contributed by atoms with Crippen LogP contribution in [-0.4, -0.2) is 55.1 Å². The normalized spacial score (nSPS) is 20.4. The van der Waals surface area contributed by atoms with Gasteiger partial charge in [0.2, 0.25) is 11.5 Å². The average molecular weight is 620 g/mol. The molecule has 0 unspecified atom stereocenters. The van der Waals surface area contributed by atoms with Crippen molar-refractivity contribution < 1.29 is 38.7 Å². The Hall–Kier alpha value is -3.78. The van der Waals surface area contributed by atoms with Crippen LogP contribution in [0.1, 0.15) is 71.4 Å². The van der Waals surface area contributed by atoms with Gasteiger partial charge in [0.15, 0.2) is 5.71 Å². The fourth-order valence-electron chi connectivity index (χ4n) is 6.69.